The summed E-state index contributed by atoms with van der Waals surface area (Å²) in [5, 5.41) is 5.59. The predicted octanol–water partition coefficient (Wildman–Crippen LogP) is 3.03. The first kappa shape index (κ1) is 23.0. The van der Waals surface area contributed by atoms with Gasteiger partial charge in [0.15, 0.2) is 5.78 Å². The van der Waals surface area contributed by atoms with E-state index in [0.717, 1.165) is 0 Å². The molecule has 1 rings (SSSR count). The summed E-state index contributed by atoms with van der Waals surface area (Å²) in [6.07, 6.45) is 1.34. The van der Waals surface area contributed by atoms with Crippen LogP contribution in [0, 0.1) is 0 Å². The highest BCUT2D eigenvalue weighted by Crippen LogP contribution is 2.10. The SMILES string of the molecule is CC(C)(C)OC(=O)NCCCCC(NC(=O)c1cccc(N)c1)C(=O)CBr. The second kappa shape index (κ2) is 10.9. The molecule has 0 fully saturated rings. The largest absolute Gasteiger partial charge is 0.444 e. The zero-order chi connectivity index (χ0) is 20.4. The molecule has 4 N–H and O–H groups in total. The van der Waals surface area contributed by atoms with Gasteiger partial charge in [-0.1, -0.05) is 22.0 Å². The molecule has 0 bridgehead atoms. The maximum atomic E-state index is 12.3. The number of ketones is 1. The van der Waals surface area contributed by atoms with E-state index in [0.29, 0.717) is 37.1 Å². The van der Waals surface area contributed by atoms with Crippen molar-refractivity contribution in [1.29, 1.82) is 0 Å². The lowest BCUT2D eigenvalue weighted by Gasteiger charge is -2.20. The van der Waals surface area contributed by atoms with Crippen LogP contribution in [0.2, 0.25) is 0 Å². The van der Waals surface area contributed by atoms with Crippen molar-refractivity contribution in [3.05, 3.63) is 29.8 Å². The molecule has 0 aliphatic heterocycles. The molecule has 1 unspecified atom stereocenters. The number of rotatable bonds is 9. The number of nitrogen functional groups attached to an aromatic ring is 1. The number of carbonyl (C=O) groups excluding carboxylic acids is 3. The van der Waals surface area contributed by atoms with Crippen LogP contribution >= 0.6 is 15.9 Å². The van der Waals surface area contributed by atoms with E-state index in [1.54, 1.807) is 45.0 Å². The van der Waals surface area contributed by atoms with E-state index in [2.05, 4.69) is 26.6 Å². The lowest BCUT2D eigenvalue weighted by molar-refractivity contribution is -0.118. The molecule has 0 saturated heterocycles. The number of unbranched alkanes of at least 4 members (excludes halogenated alkanes) is 1. The quantitative estimate of drug-likeness (QED) is 0.309. The highest BCUT2D eigenvalue weighted by molar-refractivity contribution is 9.09. The van der Waals surface area contributed by atoms with Crippen LogP contribution in [0.4, 0.5) is 10.5 Å². The summed E-state index contributed by atoms with van der Waals surface area (Å²) in [5.41, 5.74) is 6.05. The van der Waals surface area contributed by atoms with Gasteiger partial charge in [-0.3, -0.25) is 9.59 Å². The Kier molecular flexibility index (Phi) is 9.28. The fourth-order valence-electron chi connectivity index (χ4n) is 2.31. The first-order chi connectivity index (χ1) is 12.6. The van der Waals surface area contributed by atoms with Gasteiger partial charge in [-0.15, -0.1) is 0 Å². The minimum atomic E-state index is -0.597. The molecule has 0 aromatic heterocycles. The molecule has 0 radical (unpaired) electrons. The number of benzene rings is 1. The Balaban J connectivity index is 2.46. The molecule has 0 heterocycles. The number of amides is 2. The van der Waals surface area contributed by atoms with Crippen molar-refractivity contribution in [3.8, 4) is 0 Å². The summed E-state index contributed by atoms with van der Waals surface area (Å²) in [5.74, 6) is -0.444. The topological polar surface area (TPSA) is 111 Å². The Morgan fingerprint density at radius 3 is 2.52 bits per heavy atom. The number of ether oxygens (including phenoxy) is 1. The van der Waals surface area contributed by atoms with Crippen LogP contribution in [0.1, 0.15) is 50.4 Å². The molecule has 0 spiro atoms. The molecule has 0 saturated carbocycles. The summed E-state index contributed by atoms with van der Waals surface area (Å²) in [4.78, 5) is 36.0. The lowest BCUT2D eigenvalue weighted by atomic mass is 10.1. The Morgan fingerprint density at radius 1 is 1.22 bits per heavy atom. The Hall–Kier alpha value is -2.09. The molecular formula is C19H28BrN3O4. The van der Waals surface area contributed by atoms with Crippen LogP contribution in [0.3, 0.4) is 0 Å². The molecule has 1 atom stereocenters. The average Bonchev–Trinajstić information content (AvgIpc) is 2.58. The van der Waals surface area contributed by atoms with Crippen molar-refractivity contribution in [2.45, 2.75) is 51.7 Å². The van der Waals surface area contributed by atoms with E-state index in [-0.39, 0.29) is 17.0 Å². The highest BCUT2D eigenvalue weighted by Gasteiger charge is 2.20. The van der Waals surface area contributed by atoms with Crippen molar-refractivity contribution >= 4 is 39.4 Å². The number of nitrogens with two attached hydrogens (primary N) is 1. The molecule has 2 amide bonds. The summed E-state index contributed by atoms with van der Waals surface area (Å²) in [6.45, 7) is 5.83. The molecular weight excluding hydrogens is 414 g/mol. The van der Waals surface area contributed by atoms with Gasteiger partial charge in [-0.25, -0.2) is 4.79 Å². The Morgan fingerprint density at radius 2 is 1.93 bits per heavy atom. The van der Waals surface area contributed by atoms with Crippen molar-refractivity contribution in [2.75, 3.05) is 17.6 Å². The zero-order valence-electron chi connectivity index (χ0n) is 16.0. The van der Waals surface area contributed by atoms with Gasteiger partial charge in [0.25, 0.3) is 5.91 Å². The molecule has 1 aromatic carbocycles. The van der Waals surface area contributed by atoms with Gasteiger partial charge in [0.2, 0.25) is 0 Å². The molecule has 0 aliphatic rings. The van der Waals surface area contributed by atoms with Crippen molar-refractivity contribution in [2.24, 2.45) is 0 Å². The van der Waals surface area contributed by atoms with Crippen LogP contribution < -0.4 is 16.4 Å². The Bertz CT molecular complexity index is 659. The predicted molar refractivity (Wildman–Crippen MR) is 109 cm³/mol. The number of hydrogen-bond donors (Lipinski definition) is 3. The number of hydrogen-bond acceptors (Lipinski definition) is 5. The van der Waals surface area contributed by atoms with E-state index in [4.69, 9.17) is 10.5 Å². The fraction of sp³-hybridized carbons (Fsp3) is 0.526. The van der Waals surface area contributed by atoms with Crippen molar-refractivity contribution < 1.29 is 19.1 Å². The number of halogens is 1. The third-order valence-electron chi connectivity index (χ3n) is 3.56. The molecule has 8 heteroatoms. The normalized spacial score (nSPS) is 12.1. The number of alkyl halides is 1. The minimum absolute atomic E-state index is 0.104. The second-order valence-corrected chi connectivity index (χ2v) is 7.74. The zero-order valence-corrected chi connectivity index (χ0v) is 17.6. The van der Waals surface area contributed by atoms with E-state index in [1.165, 1.54) is 0 Å². The third kappa shape index (κ3) is 9.42. The number of nitrogens with one attached hydrogen (secondary N) is 2. The highest BCUT2D eigenvalue weighted by atomic mass is 79.9. The number of carbonyl (C=O) groups is 3. The third-order valence-corrected chi connectivity index (χ3v) is 4.11. The van der Waals surface area contributed by atoms with Gasteiger partial charge in [0.05, 0.1) is 11.4 Å². The fourth-order valence-corrected chi connectivity index (χ4v) is 2.70. The Labute approximate surface area is 168 Å². The van der Waals surface area contributed by atoms with Gasteiger partial charge in [-0.2, -0.15) is 0 Å². The molecule has 7 nitrogen and oxygen atoms in total. The second-order valence-electron chi connectivity index (χ2n) is 7.18. The van der Waals surface area contributed by atoms with Crippen LogP contribution in [-0.2, 0) is 9.53 Å². The van der Waals surface area contributed by atoms with Crippen LogP contribution in [0.25, 0.3) is 0 Å². The minimum Gasteiger partial charge on any atom is -0.444 e. The first-order valence-electron chi connectivity index (χ1n) is 8.84. The number of alkyl carbamates (subject to hydrolysis) is 1. The molecule has 1 aromatic rings. The summed E-state index contributed by atoms with van der Waals surface area (Å²) >= 11 is 3.15. The van der Waals surface area contributed by atoms with E-state index in [1.807, 2.05) is 0 Å². The first-order valence-corrected chi connectivity index (χ1v) is 9.96. The van der Waals surface area contributed by atoms with Gasteiger partial charge in [0.1, 0.15) is 5.60 Å². The van der Waals surface area contributed by atoms with Crippen molar-refractivity contribution in [1.82, 2.24) is 10.6 Å². The van der Waals surface area contributed by atoms with Gasteiger partial charge >= 0.3 is 6.09 Å². The number of anilines is 1. The standard InChI is InChI=1S/C19H28BrN3O4/c1-19(2,3)27-18(26)22-10-5-4-9-15(16(24)12-20)23-17(25)13-7-6-8-14(21)11-13/h6-8,11,15H,4-5,9-10,12,21H2,1-3H3,(H,22,26)(H,23,25). The van der Waals surface area contributed by atoms with Gasteiger partial charge < -0.3 is 21.1 Å². The van der Waals surface area contributed by atoms with Crippen LogP contribution in [0.5, 0.6) is 0 Å². The molecule has 0 aliphatic carbocycles. The monoisotopic (exact) mass is 441 g/mol. The molecule has 150 valence electrons. The van der Waals surface area contributed by atoms with Gasteiger partial charge in [0, 0.05) is 17.8 Å². The average molecular weight is 442 g/mol. The van der Waals surface area contributed by atoms with E-state index < -0.39 is 17.7 Å². The maximum absolute atomic E-state index is 12.3. The van der Waals surface area contributed by atoms with E-state index in [9.17, 15) is 14.4 Å². The molecule has 27 heavy (non-hydrogen) atoms. The number of Topliss-reactive ketones (excluding diaryl/α,β-unsaturated/α-hetero) is 1. The van der Waals surface area contributed by atoms with Crippen molar-refractivity contribution in [3.63, 3.8) is 0 Å². The summed E-state index contributed by atoms with van der Waals surface area (Å²) < 4.78 is 5.15. The van der Waals surface area contributed by atoms with E-state index >= 15 is 0 Å². The van der Waals surface area contributed by atoms with Crippen LogP contribution in [-0.4, -0.2) is 41.3 Å². The smallest absolute Gasteiger partial charge is 0.407 e. The van der Waals surface area contributed by atoms with Gasteiger partial charge in [-0.05, 0) is 58.2 Å². The summed E-state index contributed by atoms with van der Waals surface area (Å²) in [6, 6.07) is 5.99. The summed E-state index contributed by atoms with van der Waals surface area (Å²) in [7, 11) is 0. The van der Waals surface area contributed by atoms with Crippen LogP contribution in [0.15, 0.2) is 24.3 Å². The maximum Gasteiger partial charge on any atom is 0.407 e. The lowest BCUT2D eigenvalue weighted by Crippen LogP contribution is -2.41.